The van der Waals surface area contributed by atoms with E-state index < -0.39 is 12.0 Å². The van der Waals surface area contributed by atoms with E-state index in [0.29, 0.717) is 13.1 Å². The number of aliphatic hydroxyl groups is 1. The van der Waals surface area contributed by atoms with Crippen LogP contribution in [0.1, 0.15) is 26.3 Å². The molecule has 1 atom stereocenters. The molecule has 10 nitrogen and oxygen atoms in total. The summed E-state index contributed by atoms with van der Waals surface area (Å²) >= 11 is 1.51. The first-order chi connectivity index (χ1) is 16.8. The Morgan fingerprint density at radius 1 is 1.20 bits per heavy atom. The lowest BCUT2D eigenvalue weighted by Crippen LogP contribution is -2.60. The number of pyridine rings is 2. The van der Waals surface area contributed by atoms with Gasteiger partial charge in [-0.15, -0.1) is 0 Å². The molecule has 3 aromatic heterocycles. The summed E-state index contributed by atoms with van der Waals surface area (Å²) in [6, 6.07) is 8.21. The van der Waals surface area contributed by atoms with Crippen molar-refractivity contribution < 1.29 is 14.6 Å². The molecule has 3 aromatic rings. The van der Waals surface area contributed by atoms with Crippen molar-refractivity contribution in [1.82, 2.24) is 24.8 Å². The summed E-state index contributed by atoms with van der Waals surface area (Å²) in [6.07, 6.45) is 0.873. The highest BCUT2D eigenvalue weighted by Crippen LogP contribution is 2.28. The van der Waals surface area contributed by atoms with Gasteiger partial charge < -0.3 is 25.2 Å². The molecule has 0 saturated carbocycles. The predicted molar refractivity (Wildman–Crippen MR) is 137 cm³/mol. The molecule has 5 heterocycles. The molecule has 0 aromatic carbocycles. The first kappa shape index (κ1) is 24.3. The fourth-order valence-electron chi connectivity index (χ4n) is 4.15. The van der Waals surface area contributed by atoms with E-state index in [2.05, 4.69) is 37.6 Å². The maximum Gasteiger partial charge on any atom is 0.216 e. The molecule has 2 saturated heterocycles. The third-order valence-corrected chi connectivity index (χ3v) is 6.72. The number of anilines is 3. The largest absolute Gasteiger partial charge is 0.379 e. The van der Waals surface area contributed by atoms with Crippen LogP contribution in [0.25, 0.3) is 10.3 Å². The van der Waals surface area contributed by atoms with Crippen molar-refractivity contribution in [3.05, 3.63) is 36.0 Å². The molecule has 2 aliphatic heterocycles. The van der Waals surface area contributed by atoms with Gasteiger partial charge in [0.15, 0.2) is 5.13 Å². The number of hydrogen-bond donors (Lipinski definition) is 3. The molecule has 11 heteroatoms. The van der Waals surface area contributed by atoms with Crippen molar-refractivity contribution in [1.29, 1.82) is 0 Å². The van der Waals surface area contributed by atoms with Crippen LogP contribution in [0.4, 0.5) is 16.8 Å². The van der Waals surface area contributed by atoms with E-state index in [1.807, 2.05) is 37.8 Å². The summed E-state index contributed by atoms with van der Waals surface area (Å²) in [5.41, 5.74) is 1.64. The van der Waals surface area contributed by atoms with Crippen LogP contribution >= 0.6 is 11.3 Å². The molecule has 0 aliphatic carbocycles. The minimum absolute atomic E-state index is 0.179. The fraction of sp³-hybridized carbons (Fsp3) is 0.542. The standard InChI is InChI=1S/C24H33N7O3S/c1-24(2,3)34-23(32)31-14-17(15-31)26-19-11-16(13-30-7-9-33-10-8-30)12-20(28-19)29-22-27-18-5-4-6-25-21(18)35-22/h4-6,11-12,17,23,32H,7-10,13-15H2,1-3H3,(H2,26,27,28,29). The van der Waals surface area contributed by atoms with Gasteiger partial charge >= 0.3 is 0 Å². The maximum atomic E-state index is 10.3. The number of nitrogens with one attached hydrogen (secondary N) is 2. The third kappa shape index (κ3) is 6.43. The first-order valence-electron chi connectivity index (χ1n) is 12.0. The highest BCUT2D eigenvalue weighted by molar-refractivity contribution is 7.21. The molecule has 35 heavy (non-hydrogen) atoms. The normalized spacial score (nSPS) is 19.0. The fourth-order valence-corrected chi connectivity index (χ4v) is 4.97. The van der Waals surface area contributed by atoms with Crippen LogP contribution in [0.15, 0.2) is 30.5 Å². The van der Waals surface area contributed by atoms with Crippen molar-refractivity contribution in [2.75, 3.05) is 50.0 Å². The van der Waals surface area contributed by atoms with E-state index in [9.17, 15) is 5.11 Å². The second-order valence-corrected chi connectivity index (χ2v) is 10.9. The highest BCUT2D eigenvalue weighted by Gasteiger charge is 2.34. The van der Waals surface area contributed by atoms with Crippen molar-refractivity contribution >= 4 is 38.5 Å². The number of morpholine rings is 1. The lowest BCUT2D eigenvalue weighted by Gasteiger charge is -2.43. The topological polar surface area (TPSA) is 108 Å². The Kier molecular flexibility index (Phi) is 7.14. The van der Waals surface area contributed by atoms with Gasteiger partial charge in [0.05, 0.1) is 24.9 Å². The Morgan fingerprint density at radius 3 is 2.71 bits per heavy atom. The molecule has 0 amide bonds. The number of aliphatic hydroxyl groups excluding tert-OH is 1. The zero-order chi connectivity index (χ0) is 24.4. The predicted octanol–water partition coefficient (Wildman–Crippen LogP) is 2.85. The Bertz CT molecular complexity index is 1110. The highest BCUT2D eigenvalue weighted by atomic mass is 32.1. The summed E-state index contributed by atoms with van der Waals surface area (Å²) in [7, 11) is 0. The number of hydrogen-bond acceptors (Lipinski definition) is 11. The molecule has 0 bridgehead atoms. The van der Waals surface area contributed by atoms with Crippen LogP contribution in [0.5, 0.6) is 0 Å². The number of fused-ring (bicyclic) bond motifs is 1. The first-order valence-corrected chi connectivity index (χ1v) is 12.8. The van der Waals surface area contributed by atoms with Crippen LogP contribution in [0, 0.1) is 0 Å². The number of ether oxygens (including phenoxy) is 2. The van der Waals surface area contributed by atoms with E-state index in [0.717, 1.165) is 60.0 Å². The van der Waals surface area contributed by atoms with Gasteiger partial charge in [0.25, 0.3) is 0 Å². The quantitative estimate of drug-likeness (QED) is 0.401. The summed E-state index contributed by atoms with van der Waals surface area (Å²) in [6.45, 7) is 11.3. The van der Waals surface area contributed by atoms with Gasteiger partial charge in [-0.25, -0.2) is 15.0 Å². The van der Waals surface area contributed by atoms with Crippen LogP contribution in [-0.2, 0) is 16.0 Å². The van der Waals surface area contributed by atoms with Gasteiger partial charge in [0.2, 0.25) is 6.41 Å². The number of thiazole rings is 1. The molecule has 0 spiro atoms. The molecule has 2 fully saturated rings. The van der Waals surface area contributed by atoms with Gasteiger partial charge in [-0.1, -0.05) is 11.3 Å². The van der Waals surface area contributed by atoms with Gasteiger partial charge in [0.1, 0.15) is 22.0 Å². The average Bonchev–Trinajstić information content (AvgIpc) is 3.17. The van der Waals surface area contributed by atoms with Crippen LogP contribution in [-0.4, -0.2) is 87.3 Å². The second-order valence-electron chi connectivity index (χ2n) is 9.96. The lowest BCUT2D eigenvalue weighted by molar-refractivity contribution is -0.253. The van der Waals surface area contributed by atoms with Crippen LogP contribution in [0.2, 0.25) is 0 Å². The van der Waals surface area contributed by atoms with E-state index >= 15 is 0 Å². The van der Waals surface area contributed by atoms with Crippen LogP contribution < -0.4 is 10.6 Å². The van der Waals surface area contributed by atoms with Crippen molar-refractivity contribution in [2.45, 2.75) is 45.4 Å². The zero-order valence-corrected chi connectivity index (χ0v) is 21.2. The zero-order valence-electron chi connectivity index (χ0n) is 20.4. The number of rotatable bonds is 8. The Balaban J connectivity index is 1.29. The SMILES string of the molecule is CC(C)(C)OC(O)N1CC(Nc2cc(CN3CCOCC3)cc(Nc3nc4cccnc4s3)n2)C1. The van der Waals surface area contributed by atoms with E-state index in [1.54, 1.807) is 6.20 Å². The summed E-state index contributed by atoms with van der Waals surface area (Å²) < 4.78 is 11.2. The van der Waals surface area contributed by atoms with E-state index in [4.69, 9.17) is 14.5 Å². The number of likely N-dealkylation sites (tertiary alicyclic amines) is 1. The van der Waals surface area contributed by atoms with E-state index in [1.165, 1.54) is 16.9 Å². The Hall–Kier alpha value is -2.41. The lowest BCUT2D eigenvalue weighted by atomic mass is 10.1. The number of nitrogens with zero attached hydrogens (tertiary/aromatic N) is 5. The Labute approximate surface area is 209 Å². The summed E-state index contributed by atoms with van der Waals surface area (Å²) in [5, 5.41) is 18.0. The van der Waals surface area contributed by atoms with Gasteiger partial charge in [-0.3, -0.25) is 9.80 Å². The smallest absolute Gasteiger partial charge is 0.216 e. The van der Waals surface area contributed by atoms with Crippen molar-refractivity contribution in [2.24, 2.45) is 0 Å². The second kappa shape index (κ2) is 10.3. The molecule has 2 aliphatic rings. The van der Waals surface area contributed by atoms with Crippen LogP contribution in [0.3, 0.4) is 0 Å². The molecule has 1 unspecified atom stereocenters. The molecular formula is C24H33N7O3S. The average molecular weight is 500 g/mol. The number of aromatic nitrogens is 3. The van der Waals surface area contributed by atoms with E-state index in [-0.39, 0.29) is 6.04 Å². The minimum Gasteiger partial charge on any atom is -0.379 e. The molecule has 0 radical (unpaired) electrons. The molecular weight excluding hydrogens is 466 g/mol. The minimum atomic E-state index is -0.904. The summed E-state index contributed by atoms with van der Waals surface area (Å²) in [4.78, 5) is 19.0. The Morgan fingerprint density at radius 2 is 1.97 bits per heavy atom. The van der Waals surface area contributed by atoms with Gasteiger partial charge in [-0.05, 0) is 50.6 Å². The molecule has 188 valence electrons. The summed E-state index contributed by atoms with van der Waals surface area (Å²) in [5.74, 6) is 1.54. The third-order valence-electron chi connectivity index (χ3n) is 5.83. The van der Waals surface area contributed by atoms with Crippen molar-refractivity contribution in [3.8, 4) is 0 Å². The monoisotopic (exact) mass is 499 g/mol. The van der Waals surface area contributed by atoms with Gasteiger partial charge in [0, 0.05) is 38.9 Å². The molecule has 5 rings (SSSR count). The molecule has 3 N–H and O–H groups in total. The van der Waals surface area contributed by atoms with Crippen molar-refractivity contribution in [3.63, 3.8) is 0 Å². The maximum absolute atomic E-state index is 10.3. The van der Waals surface area contributed by atoms with Gasteiger partial charge in [-0.2, -0.15) is 0 Å².